The molecule has 2 N–H and O–H groups in total. The maximum atomic E-state index is 11.0. The smallest absolute Gasteiger partial charge is 0.338 e. The first-order valence-corrected chi connectivity index (χ1v) is 3.83. The maximum absolute atomic E-state index is 11.0. The first-order valence-electron chi connectivity index (χ1n) is 3.83. The molecule has 1 unspecified atom stereocenters. The largest absolute Gasteiger partial charge is 0.454 e. The molecule has 0 radical (unpaired) electrons. The van der Waals surface area contributed by atoms with E-state index in [2.05, 4.69) is 6.58 Å². The number of carbonyl (C=O) groups excluding carboxylic acids is 1. The van der Waals surface area contributed by atoms with Gasteiger partial charge >= 0.3 is 5.97 Å². The van der Waals surface area contributed by atoms with Crippen LogP contribution in [0.5, 0.6) is 0 Å². The lowest BCUT2D eigenvalue weighted by Gasteiger charge is -2.17. The molecule has 1 heterocycles. The van der Waals surface area contributed by atoms with Crippen LogP contribution < -0.4 is 0 Å². The second-order valence-electron chi connectivity index (χ2n) is 2.77. The predicted octanol–water partition coefficient (Wildman–Crippen LogP) is -1.17. The number of hydrogen-bond donors (Lipinski definition) is 2. The lowest BCUT2D eigenvalue weighted by molar-refractivity contribution is -0.150. The molecule has 0 aliphatic carbocycles. The third kappa shape index (κ3) is 1.72. The van der Waals surface area contributed by atoms with Crippen LogP contribution in [0.25, 0.3) is 0 Å². The van der Waals surface area contributed by atoms with Crippen LogP contribution in [0.3, 0.4) is 0 Å². The molecule has 0 bridgehead atoms. The van der Waals surface area contributed by atoms with E-state index in [0.717, 1.165) is 0 Å². The molecule has 13 heavy (non-hydrogen) atoms. The molecular formula is C8H12O5. The zero-order valence-electron chi connectivity index (χ0n) is 7.21. The van der Waals surface area contributed by atoms with Gasteiger partial charge in [0.25, 0.3) is 0 Å². The van der Waals surface area contributed by atoms with Crippen LogP contribution in [-0.4, -0.2) is 47.7 Å². The van der Waals surface area contributed by atoms with Crippen LogP contribution in [0.15, 0.2) is 12.7 Å². The number of ether oxygens (including phenoxy) is 2. The second kappa shape index (κ2) is 3.87. The minimum absolute atomic E-state index is 0.666. The van der Waals surface area contributed by atoms with E-state index in [9.17, 15) is 15.0 Å². The van der Waals surface area contributed by atoms with Gasteiger partial charge in [0.1, 0.15) is 12.2 Å². The van der Waals surface area contributed by atoms with Gasteiger partial charge in [-0.15, -0.1) is 6.58 Å². The Bertz CT molecular complexity index is 215. The number of aliphatic hydroxyl groups excluding tert-OH is 2. The molecule has 1 aliphatic heterocycles. The standard InChI is InChI=1S/C8H12O5/c1-3-4(9)6-5(10)7(12-2)8(11)13-6/h3-7,9-10H,1H2,2H3/t4-,5-,6?,7-/m1/s1. The molecule has 0 aromatic rings. The Morgan fingerprint density at radius 1 is 1.77 bits per heavy atom. The molecule has 0 aromatic carbocycles. The Morgan fingerprint density at radius 2 is 2.38 bits per heavy atom. The van der Waals surface area contributed by atoms with E-state index in [1.165, 1.54) is 13.2 Å². The number of esters is 1. The van der Waals surface area contributed by atoms with E-state index < -0.39 is 30.4 Å². The Labute approximate surface area is 75.6 Å². The van der Waals surface area contributed by atoms with E-state index in [0.29, 0.717) is 0 Å². The lowest BCUT2D eigenvalue weighted by atomic mass is 10.1. The highest BCUT2D eigenvalue weighted by atomic mass is 16.6. The van der Waals surface area contributed by atoms with Gasteiger partial charge in [-0.25, -0.2) is 4.79 Å². The zero-order chi connectivity index (χ0) is 10.0. The van der Waals surface area contributed by atoms with E-state index >= 15 is 0 Å². The quantitative estimate of drug-likeness (QED) is 0.431. The van der Waals surface area contributed by atoms with Crippen LogP contribution in [0.4, 0.5) is 0 Å². The molecule has 1 aliphatic rings. The van der Waals surface area contributed by atoms with E-state index in [1.807, 2.05) is 0 Å². The highest BCUT2D eigenvalue weighted by Gasteiger charge is 2.46. The topological polar surface area (TPSA) is 76.0 Å². The van der Waals surface area contributed by atoms with Crippen molar-refractivity contribution in [2.75, 3.05) is 7.11 Å². The third-order valence-corrected chi connectivity index (χ3v) is 1.96. The van der Waals surface area contributed by atoms with Crippen molar-refractivity contribution >= 4 is 5.97 Å². The maximum Gasteiger partial charge on any atom is 0.338 e. The van der Waals surface area contributed by atoms with Crippen molar-refractivity contribution in [3.05, 3.63) is 12.7 Å². The number of cyclic esters (lactones) is 1. The van der Waals surface area contributed by atoms with Crippen molar-refractivity contribution in [2.45, 2.75) is 24.4 Å². The fraction of sp³-hybridized carbons (Fsp3) is 0.625. The van der Waals surface area contributed by atoms with Gasteiger partial charge in [-0.1, -0.05) is 6.08 Å². The highest BCUT2D eigenvalue weighted by molar-refractivity contribution is 5.78. The number of hydrogen-bond acceptors (Lipinski definition) is 5. The Morgan fingerprint density at radius 3 is 2.77 bits per heavy atom. The van der Waals surface area contributed by atoms with Crippen molar-refractivity contribution in [3.63, 3.8) is 0 Å². The molecule has 1 saturated heterocycles. The average Bonchev–Trinajstić information content (AvgIpc) is 2.40. The summed E-state index contributed by atoms with van der Waals surface area (Å²) in [5.74, 6) is -0.666. The highest BCUT2D eigenvalue weighted by Crippen LogP contribution is 2.21. The van der Waals surface area contributed by atoms with Gasteiger partial charge in [-0.2, -0.15) is 0 Å². The van der Waals surface area contributed by atoms with Crippen molar-refractivity contribution in [1.82, 2.24) is 0 Å². The number of carbonyl (C=O) groups is 1. The average molecular weight is 188 g/mol. The van der Waals surface area contributed by atoms with Crippen LogP contribution in [0.2, 0.25) is 0 Å². The molecule has 74 valence electrons. The number of methoxy groups -OCH3 is 1. The van der Waals surface area contributed by atoms with Crippen molar-refractivity contribution in [3.8, 4) is 0 Å². The van der Waals surface area contributed by atoms with E-state index in [-0.39, 0.29) is 0 Å². The zero-order valence-corrected chi connectivity index (χ0v) is 7.21. The predicted molar refractivity (Wildman–Crippen MR) is 42.9 cm³/mol. The first kappa shape index (κ1) is 10.2. The molecule has 1 fully saturated rings. The summed E-state index contributed by atoms with van der Waals surface area (Å²) in [5, 5.41) is 18.7. The molecule has 5 nitrogen and oxygen atoms in total. The second-order valence-corrected chi connectivity index (χ2v) is 2.77. The minimum Gasteiger partial charge on any atom is -0.454 e. The molecule has 4 atom stereocenters. The summed E-state index contributed by atoms with van der Waals surface area (Å²) in [6.45, 7) is 3.32. The van der Waals surface area contributed by atoms with Crippen molar-refractivity contribution in [2.24, 2.45) is 0 Å². The van der Waals surface area contributed by atoms with Gasteiger partial charge in [0, 0.05) is 7.11 Å². The molecule has 0 aromatic heterocycles. The monoisotopic (exact) mass is 188 g/mol. The van der Waals surface area contributed by atoms with Gasteiger partial charge in [0.2, 0.25) is 0 Å². The summed E-state index contributed by atoms with van der Waals surface area (Å²) >= 11 is 0. The Balaban J connectivity index is 2.72. The normalized spacial score (nSPS) is 35.6. The van der Waals surface area contributed by atoms with Gasteiger partial charge in [-0.3, -0.25) is 0 Å². The summed E-state index contributed by atoms with van der Waals surface area (Å²) in [6, 6.07) is 0. The van der Waals surface area contributed by atoms with Gasteiger partial charge in [0.05, 0.1) is 0 Å². The fourth-order valence-electron chi connectivity index (χ4n) is 1.22. The number of rotatable bonds is 3. The molecule has 5 heteroatoms. The third-order valence-electron chi connectivity index (χ3n) is 1.96. The Kier molecular flexibility index (Phi) is 3.02. The molecular weight excluding hydrogens is 176 g/mol. The molecule has 0 amide bonds. The Hall–Kier alpha value is -0.910. The summed E-state index contributed by atoms with van der Waals surface area (Å²) in [6.07, 6.45) is -3.02. The van der Waals surface area contributed by atoms with Gasteiger partial charge < -0.3 is 19.7 Å². The minimum atomic E-state index is -1.15. The van der Waals surface area contributed by atoms with Crippen LogP contribution >= 0.6 is 0 Å². The lowest BCUT2D eigenvalue weighted by Crippen LogP contribution is -2.38. The molecule has 0 saturated carbocycles. The SMILES string of the molecule is C=C[C@@H](O)C1OC(=O)[C@H](OC)[C@@H]1O. The summed E-state index contributed by atoms with van der Waals surface area (Å²) in [7, 11) is 1.29. The fourth-order valence-corrected chi connectivity index (χ4v) is 1.22. The number of aliphatic hydroxyl groups is 2. The summed E-state index contributed by atoms with van der Waals surface area (Å²) in [5.41, 5.74) is 0. The van der Waals surface area contributed by atoms with Crippen LogP contribution in [-0.2, 0) is 14.3 Å². The van der Waals surface area contributed by atoms with Gasteiger partial charge in [0.15, 0.2) is 12.2 Å². The van der Waals surface area contributed by atoms with Crippen LogP contribution in [0, 0.1) is 0 Å². The first-order chi connectivity index (χ1) is 6.11. The van der Waals surface area contributed by atoms with Crippen LogP contribution in [0.1, 0.15) is 0 Å². The van der Waals surface area contributed by atoms with Gasteiger partial charge in [-0.05, 0) is 0 Å². The molecule has 1 rings (SSSR count). The van der Waals surface area contributed by atoms with Crippen molar-refractivity contribution < 1.29 is 24.5 Å². The summed E-state index contributed by atoms with van der Waals surface area (Å²) in [4.78, 5) is 11.0. The van der Waals surface area contributed by atoms with E-state index in [1.54, 1.807) is 0 Å². The van der Waals surface area contributed by atoms with E-state index in [4.69, 9.17) is 9.47 Å². The molecule has 0 spiro atoms. The van der Waals surface area contributed by atoms with Crippen molar-refractivity contribution in [1.29, 1.82) is 0 Å². The summed E-state index contributed by atoms with van der Waals surface area (Å²) < 4.78 is 9.39.